The van der Waals surface area contributed by atoms with Crippen molar-refractivity contribution in [1.82, 2.24) is 0 Å². The van der Waals surface area contributed by atoms with Crippen molar-refractivity contribution in [3.8, 4) is 5.75 Å². The Morgan fingerprint density at radius 1 is 1.44 bits per heavy atom. The SMILES string of the molecule is CCCCCC1(C)C[C@@H](N)c2ccc(Br)cc2O1. The van der Waals surface area contributed by atoms with Gasteiger partial charge >= 0.3 is 0 Å². The molecule has 2 rings (SSSR count). The van der Waals surface area contributed by atoms with Gasteiger partial charge in [-0.3, -0.25) is 0 Å². The van der Waals surface area contributed by atoms with E-state index in [0.29, 0.717) is 0 Å². The van der Waals surface area contributed by atoms with Gasteiger partial charge in [0.1, 0.15) is 11.4 Å². The van der Waals surface area contributed by atoms with Crippen molar-refractivity contribution < 1.29 is 4.74 Å². The third-order valence-electron chi connectivity index (χ3n) is 3.69. The summed E-state index contributed by atoms with van der Waals surface area (Å²) in [6.07, 6.45) is 5.71. The number of benzene rings is 1. The van der Waals surface area contributed by atoms with Crippen LogP contribution >= 0.6 is 15.9 Å². The summed E-state index contributed by atoms with van der Waals surface area (Å²) in [7, 11) is 0. The van der Waals surface area contributed by atoms with E-state index < -0.39 is 0 Å². The van der Waals surface area contributed by atoms with Crippen LogP contribution in [0.4, 0.5) is 0 Å². The lowest BCUT2D eigenvalue weighted by Gasteiger charge is -2.39. The molecule has 1 aliphatic heterocycles. The van der Waals surface area contributed by atoms with Crippen molar-refractivity contribution in [3.63, 3.8) is 0 Å². The van der Waals surface area contributed by atoms with Crippen molar-refractivity contribution in [2.45, 2.75) is 57.6 Å². The molecule has 0 saturated carbocycles. The molecule has 2 N–H and O–H groups in total. The van der Waals surface area contributed by atoms with Crippen LogP contribution in [0.5, 0.6) is 5.75 Å². The van der Waals surface area contributed by atoms with Gasteiger partial charge in [0, 0.05) is 22.5 Å². The summed E-state index contributed by atoms with van der Waals surface area (Å²) in [5, 5.41) is 0. The summed E-state index contributed by atoms with van der Waals surface area (Å²) < 4.78 is 7.25. The molecule has 0 spiro atoms. The minimum Gasteiger partial charge on any atom is -0.487 e. The second kappa shape index (κ2) is 5.62. The summed E-state index contributed by atoms with van der Waals surface area (Å²) >= 11 is 3.49. The molecule has 1 unspecified atom stereocenters. The Hall–Kier alpha value is -0.540. The first-order chi connectivity index (χ1) is 8.54. The molecule has 0 amide bonds. The maximum absolute atomic E-state index is 6.28. The first-order valence-electron chi connectivity index (χ1n) is 6.78. The van der Waals surface area contributed by atoms with E-state index in [1.165, 1.54) is 19.3 Å². The fourth-order valence-electron chi connectivity index (χ4n) is 2.69. The molecule has 1 heterocycles. The average molecular weight is 312 g/mol. The topological polar surface area (TPSA) is 35.2 Å². The van der Waals surface area contributed by atoms with Gasteiger partial charge in [-0.05, 0) is 31.9 Å². The van der Waals surface area contributed by atoms with Gasteiger partial charge < -0.3 is 10.5 Å². The normalized spacial score (nSPS) is 26.6. The molecule has 3 heteroatoms. The fraction of sp³-hybridized carbons (Fsp3) is 0.600. The Morgan fingerprint density at radius 2 is 2.22 bits per heavy atom. The number of hydrogen-bond acceptors (Lipinski definition) is 2. The standard InChI is InChI=1S/C15H22BrNO/c1-3-4-5-8-15(2)10-13(17)12-7-6-11(16)9-14(12)18-15/h6-7,9,13H,3-5,8,10,17H2,1-2H3/t13-,15?/m1/s1. The fourth-order valence-corrected chi connectivity index (χ4v) is 3.03. The highest BCUT2D eigenvalue weighted by atomic mass is 79.9. The zero-order valence-electron chi connectivity index (χ0n) is 11.2. The van der Waals surface area contributed by atoms with Crippen LogP contribution in [0.25, 0.3) is 0 Å². The van der Waals surface area contributed by atoms with Crippen LogP contribution in [0.15, 0.2) is 22.7 Å². The van der Waals surface area contributed by atoms with E-state index in [-0.39, 0.29) is 11.6 Å². The molecule has 0 aromatic heterocycles. The van der Waals surface area contributed by atoms with Crippen molar-refractivity contribution in [2.24, 2.45) is 5.73 Å². The molecule has 2 atom stereocenters. The number of rotatable bonds is 4. The quantitative estimate of drug-likeness (QED) is 0.827. The van der Waals surface area contributed by atoms with Crippen LogP contribution < -0.4 is 10.5 Å². The Balaban J connectivity index is 2.15. The van der Waals surface area contributed by atoms with E-state index in [0.717, 1.165) is 28.6 Å². The lowest BCUT2D eigenvalue weighted by atomic mass is 9.85. The maximum Gasteiger partial charge on any atom is 0.126 e. The Morgan fingerprint density at radius 3 is 2.94 bits per heavy atom. The highest BCUT2D eigenvalue weighted by Crippen LogP contribution is 2.41. The van der Waals surface area contributed by atoms with Gasteiger partial charge in [0.05, 0.1) is 0 Å². The van der Waals surface area contributed by atoms with Gasteiger partial charge in [0.15, 0.2) is 0 Å². The van der Waals surface area contributed by atoms with Crippen molar-refractivity contribution in [1.29, 1.82) is 0 Å². The van der Waals surface area contributed by atoms with Crippen LogP contribution in [0.3, 0.4) is 0 Å². The molecule has 0 fully saturated rings. The second-order valence-electron chi connectivity index (χ2n) is 5.50. The Labute approximate surface area is 118 Å². The predicted octanol–water partition coefficient (Wildman–Crippen LogP) is 4.57. The largest absolute Gasteiger partial charge is 0.487 e. The zero-order chi connectivity index (χ0) is 13.2. The molecule has 0 bridgehead atoms. The van der Waals surface area contributed by atoms with Crippen LogP contribution in [0.1, 0.15) is 57.6 Å². The average Bonchev–Trinajstić information content (AvgIpc) is 2.28. The smallest absolute Gasteiger partial charge is 0.126 e. The highest BCUT2D eigenvalue weighted by Gasteiger charge is 2.35. The molecule has 2 nitrogen and oxygen atoms in total. The van der Waals surface area contributed by atoms with Gasteiger partial charge in [-0.1, -0.05) is 41.8 Å². The minimum atomic E-state index is -0.109. The van der Waals surface area contributed by atoms with E-state index >= 15 is 0 Å². The minimum absolute atomic E-state index is 0.0912. The molecule has 1 aromatic rings. The van der Waals surface area contributed by atoms with Crippen molar-refractivity contribution in [2.75, 3.05) is 0 Å². The first kappa shape index (κ1) is 13.9. The molecular weight excluding hydrogens is 290 g/mol. The molecule has 0 radical (unpaired) electrons. The van der Waals surface area contributed by atoms with Gasteiger partial charge in [-0.2, -0.15) is 0 Å². The number of unbranched alkanes of at least 4 members (excludes halogenated alkanes) is 2. The van der Waals surface area contributed by atoms with Crippen molar-refractivity contribution in [3.05, 3.63) is 28.2 Å². The van der Waals surface area contributed by atoms with Crippen LogP contribution in [0.2, 0.25) is 0 Å². The Bertz CT molecular complexity index is 421. The molecular formula is C15H22BrNO. The Kier molecular flexibility index (Phi) is 4.33. The number of hydrogen-bond donors (Lipinski definition) is 1. The maximum atomic E-state index is 6.28. The van der Waals surface area contributed by atoms with E-state index in [1.54, 1.807) is 0 Å². The lowest BCUT2D eigenvalue weighted by molar-refractivity contribution is 0.0430. The van der Waals surface area contributed by atoms with Gasteiger partial charge in [-0.15, -0.1) is 0 Å². The van der Waals surface area contributed by atoms with Gasteiger partial charge in [0.2, 0.25) is 0 Å². The second-order valence-corrected chi connectivity index (χ2v) is 6.42. The zero-order valence-corrected chi connectivity index (χ0v) is 12.8. The van der Waals surface area contributed by atoms with E-state index in [9.17, 15) is 0 Å². The summed E-state index contributed by atoms with van der Waals surface area (Å²) in [4.78, 5) is 0. The van der Waals surface area contributed by atoms with Gasteiger partial charge in [-0.25, -0.2) is 0 Å². The summed E-state index contributed by atoms with van der Waals surface area (Å²) in [6.45, 7) is 4.41. The summed E-state index contributed by atoms with van der Waals surface area (Å²) in [6, 6.07) is 6.22. The third kappa shape index (κ3) is 3.07. The summed E-state index contributed by atoms with van der Waals surface area (Å²) in [5.41, 5.74) is 7.30. The summed E-state index contributed by atoms with van der Waals surface area (Å²) in [5.74, 6) is 0.946. The van der Waals surface area contributed by atoms with Crippen LogP contribution in [0, 0.1) is 0 Å². The lowest BCUT2D eigenvalue weighted by Crippen LogP contribution is -2.40. The highest BCUT2D eigenvalue weighted by molar-refractivity contribution is 9.10. The molecule has 0 saturated heterocycles. The van der Waals surface area contributed by atoms with E-state index in [1.807, 2.05) is 12.1 Å². The van der Waals surface area contributed by atoms with Gasteiger partial charge in [0.25, 0.3) is 0 Å². The molecule has 1 aromatic carbocycles. The molecule has 0 aliphatic carbocycles. The number of ether oxygens (including phenoxy) is 1. The van der Waals surface area contributed by atoms with E-state index in [4.69, 9.17) is 10.5 Å². The number of fused-ring (bicyclic) bond motifs is 1. The van der Waals surface area contributed by atoms with E-state index in [2.05, 4.69) is 35.8 Å². The van der Waals surface area contributed by atoms with Crippen molar-refractivity contribution >= 4 is 15.9 Å². The molecule has 18 heavy (non-hydrogen) atoms. The number of halogens is 1. The molecule has 100 valence electrons. The van der Waals surface area contributed by atoms with Crippen LogP contribution in [-0.2, 0) is 0 Å². The molecule has 1 aliphatic rings. The number of nitrogens with two attached hydrogens (primary N) is 1. The monoisotopic (exact) mass is 311 g/mol. The predicted molar refractivity (Wildman–Crippen MR) is 78.9 cm³/mol. The first-order valence-corrected chi connectivity index (χ1v) is 7.57. The van der Waals surface area contributed by atoms with Crippen LogP contribution in [-0.4, -0.2) is 5.60 Å². The third-order valence-corrected chi connectivity index (χ3v) is 4.19.